The van der Waals surface area contributed by atoms with Crippen LogP contribution in [0.5, 0.6) is 17.2 Å². The van der Waals surface area contributed by atoms with Gasteiger partial charge in [0.15, 0.2) is 0 Å². The summed E-state index contributed by atoms with van der Waals surface area (Å²) in [5, 5.41) is 0.895. The molecule has 0 aliphatic carbocycles. The van der Waals surface area contributed by atoms with Gasteiger partial charge in [-0.2, -0.15) is 0 Å². The lowest BCUT2D eigenvalue weighted by atomic mass is 10.1. The van der Waals surface area contributed by atoms with E-state index in [0.29, 0.717) is 23.7 Å². The Morgan fingerprint density at radius 1 is 0.778 bits per heavy atom. The van der Waals surface area contributed by atoms with Gasteiger partial charge in [-0.15, -0.1) is 0 Å². The molecule has 1 heterocycles. The van der Waals surface area contributed by atoms with Crippen LogP contribution in [-0.2, 0) is 6.61 Å². The molecule has 0 radical (unpaired) electrons. The molecule has 0 fully saturated rings. The Morgan fingerprint density at radius 3 is 2.33 bits per heavy atom. The minimum Gasteiger partial charge on any atom is -0.496 e. The van der Waals surface area contributed by atoms with Crippen LogP contribution in [-0.4, -0.2) is 14.2 Å². The average molecular weight is 360 g/mol. The van der Waals surface area contributed by atoms with E-state index in [1.807, 2.05) is 72.8 Å². The van der Waals surface area contributed by atoms with Gasteiger partial charge in [-0.1, -0.05) is 42.5 Å². The van der Waals surface area contributed by atoms with Crippen molar-refractivity contribution in [2.45, 2.75) is 6.61 Å². The molecular formula is C23H20O4. The van der Waals surface area contributed by atoms with E-state index < -0.39 is 0 Å². The van der Waals surface area contributed by atoms with Crippen LogP contribution in [0.4, 0.5) is 0 Å². The summed E-state index contributed by atoms with van der Waals surface area (Å²) in [6.07, 6.45) is 0. The molecule has 0 aliphatic heterocycles. The molecule has 0 N–H and O–H groups in total. The molecule has 0 saturated carbocycles. The van der Waals surface area contributed by atoms with Gasteiger partial charge in [0.25, 0.3) is 0 Å². The van der Waals surface area contributed by atoms with Crippen molar-refractivity contribution < 1.29 is 18.6 Å². The summed E-state index contributed by atoms with van der Waals surface area (Å²) in [4.78, 5) is 0. The predicted molar refractivity (Wildman–Crippen MR) is 106 cm³/mol. The highest BCUT2D eigenvalue weighted by Gasteiger charge is 2.15. The summed E-state index contributed by atoms with van der Waals surface area (Å²) >= 11 is 0. The molecule has 136 valence electrons. The summed E-state index contributed by atoms with van der Waals surface area (Å²) in [7, 11) is 3.26. The third-order valence-electron chi connectivity index (χ3n) is 4.42. The first kappa shape index (κ1) is 17.0. The maximum atomic E-state index is 6.09. The van der Waals surface area contributed by atoms with E-state index in [9.17, 15) is 0 Å². The number of methoxy groups -OCH3 is 2. The summed E-state index contributed by atoms with van der Waals surface area (Å²) in [5.41, 5.74) is 2.72. The Labute approximate surface area is 157 Å². The smallest absolute Gasteiger partial charge is 0.142 e. The van der Waals surface area contributed by atoms with E-state index in [-0.39, 0.29) is 0 Å². The fourth-order valence-corrected chi connectivity index (χ4v) is 3.03. The molecule has 4 aromatic rings. The number of benzene rings is 3. The Kier molecular flexibility index (Phi) is 4.71. The second-order valence-electron chi connectivity index (χ2n) is 6.12. The number of rotatable bonds is 6. The van der Waals surface area contributed by atoms with Gasteiger partial charge >= 0.3 is 0 Å². The SMILES string of the molecule is COc1cc(OC)c2cc(-c3ccccc3OCc3ccccc3)oc2c1. The van der Waals surface area contributed by atoms with Gasteiger partial charge < -0.3 is 18.6 Å². The number of hydrogen-bond acceptors (Lipinski definition) is 4. The largest absolute Gasteiger partial charge is 0.496 e. The van der Waals surface area contributed by atoms with Crippen molar-refractivity contribution in [3.63, 3.8) is 0 Å². The van der Waals surface area contributed by atoms with Gasteiger partial charge in [-0.05, 0) is 23.8 Å². The maximum absolute atomic E-state index is 6.09. The van der Waals surface area contributed by atoms with E-state index >= 15 is 0 Å². The highest BCUT2D eigenvalue weighted by atomic mass is 16.5. The van der Waals surface area contributed by atoms with Gasteiger partial charge in [0.2, 0.25) is 0 Å². The van der Waals surface area contributed by atoms with Gasteiger partial charge in [-0.25, -0.2) is 0 Å². The van der Waals surface area contributed by atoms with E-state index in [0.717, 1.165) is 28.0 Å². The molecule has 0 amide bonds. The van der Waals surface area contributed by atoms with E-state index in [2.05, 4.69) is 0 Å². The standard InChI is InChI=1S/C23H20O4/c1-24-17-12-21(25-2)19-14-23(27-22(19)13-17)18-10-6-7-11-20(18)26-15-16-8-4-3-5-9-16/h3-14H,15H2,1-2H3. The Balaban J connectivity index is 1.71. The monoisotopic (exact) mass is 360 g/mol. The van der Waals surface area contributed by atoms with Crippen LogP contribution in [0.15, 0.2) is 77.2 Å². The van der Waals surface area contributed by atoms with Crippen LogP contribution in [0.3, 0.4) is 0 Å². The Bertz CT molecular complexity index is 1050. The number of hydrogen-bond donors (Lipinski definition) is 0. The minimum absolute atomic E-state index is 0.495. The first-order chi connectivity index (χ1) is 13.3. The molecule has 27 heavy (non-hydrogen) atoms. The molecule has 0 aliphatic rings. The third kappa shape index (κ3) is 3.47. The molecule has 0 saturated heterocycles. The fourth-order valence-electron chi connectivity index (χ4n) is 3.03. The minimum atomic E-state index is 0.495. The summed E-state index contributed by atoms with van der Waals surface area (Å²) in [5.74, 6) is 2.89. The molecule has 0 unspecified atom stereocenters. The van der Waals surface area contributed by atoms with Crippen LogP contribution < -0.4 is 14.2 Å². The van der Waals surface area contributed by atoms with Crippen molar-refractivity contribution in [1.29, 1.82) is 0 Å². The van der Waals surface area contributed by atoms with E-state index in [1.54, 1.807) is 14.2 Å². The number of fused-ring (bicyclic) bond motifs is 1. The molecule has 0 atom stereocenters. The van der Waals surface area contributed by atoms with Gasteiger partial charge in [0.05, 0.1) is 25.2 Å². The van der Waals surface area contributed by atoms with Crippen molar-refractivity contribution in [2.24, 2.45) is 0 Å². The Morgan fingerprint density at radius 2 is 1.56 bits per heavy atom. The zero-order chi connectivity index (χ0) is 18.6. The number of para-hydroxylation sites is 1. The lowest BCUT2D eigenvalue weighted by Gasteiger charge is -2.10. The van der Waals surface area contributed by atoms with Crippen molar-refractivity contribution >= 4 is 11.0 Å². The van der Waals surface area contributed by atoms with Gasteiger partial charge in [0, 0.05) is 12.1 Å². The van der Waals surface area contributed by atoms with Crippen molar-refractivity contribution in [3.05, 3.63) is 78.4 Å². The summed E-state index contributed by atoms with van der Waals surface area (Å²) in [6.45, 7) is 0.495. The topological polar surface area (TPSA) is 40.8 Å². The lowest BCUT2D eigenvalue weighted by Crippen LogP contribution is -1.96. The highest BCUT2D eigenvalue weighted by Crippen LogP contribution is 2.39. The first-order valence-corrected chi connectivity index (χ1v) is 8.70. The normalized spacial score (nSPS) is 10.7. The zero-order valence-corrected chi connectivity index (χ0v) is 15.3. The van der Waals surface area contributed by atoms with Gasteiger partial charge in [0.1, 0.15) is 35.2 Å². The molecule has 1 aromatic heterocycles. The summed E-state index contributed by atoms with van der Waals surface area (Å²) in [6, 6.07) is 23.6. The maximum Gasteiger partial charge on any atom is 0.142 e. The molecular weight excluding hydrogens is 340 g/mol. The predicted octanol–water partition coefficient (Wildman–Crippen LogP) is 5.70. The highest BCUT2D eigenvalue weighted by molar-refractivity contribution is 5.90. The fraction of sp³-hybridized carbons (Fsp3) is 0.130. The molecule has 4 rings (SSSR count). The van der Waals surface area contributed by atoms with Gasteiger partial charge in [-0.3, -0.25) is 0 Å². The molecule has 0 spiro atoms. The van der Waals surface area contributed by atoms with Crippen LogP contribution in [0.1, 0.15) is 5.56 Å². The average Bonchev–Trinajstić information content (AvgIpc) is 3.16. The quantitative estimate of drug-likeness (QED) is 0.442. The van der Waals surface area contributed by atoms with E-state index in [4.69, 9.17) is 18.6 Å². The van der Waals surface area contributed by atoms with Crippen molar-refractivity contribution in [3.8, 4) is 28.6 Å². The van der Waals surface area contributed by atoms with Crippen LogP contribution in [0.2, 0.25) is 0 Å². The molecule has 4 heteroatoms. The second kappa shape index (κ2) is 7.46. The lowest BCUT2D eigenvalue weighted by molar-refractivity contribution is 0.307. The molecule has 3 aromatic carbocycles. The Hall–Kier alpha value is -3.40. The second-order valence-corrected chi connectivity index (χ2v) is 6.12. The third-order valence-corrected chi connectivity index (χ3v) is 4.42. The molecule has 0 bridgehead atoms. The number of ether oxygens (including phenoxy) is 3. The van der Waals surface area contributed by atoms with Crippen molar-refractivity contribution in [2.75, 3.05) is 14.2 Å². The van der Waals surface area contributed by atoms with Crippen molar-refractivity contribution in [1.82, 2.24) is 0 Å². The number of furan rings is 1. The first-order valence-electron chi connectivity index (χ1n) is 8.70. The summed E-state index contributed by atoms with van der Waals surface area (Å²) < 4.78 is 23.0. The van der Waals surface area contributed by atoms with E-state index in [1.165, 1.54) is 0 Å². The van der Waals surface area contributed by atoms with Crippen LogP contribution in [0.25, 0.3) is 22.3 Å². The van der Waals surface area contributed by atoms with Crippen LogP contribution >= 0.6 is 0 Å². The molecule has 4 nitrogen and oxygen atoms in total. The van der Waals surface area contributed by atoms with Crippen LogP contribution in [0, 0.1) is 0 Å². The zero-order valence-electron chi connectivity index (χ0n) is 15.3.